The van der Waals surface area contributed by atoms with Crippen LogP contribution in [0.15, 0.2) is 58.4 Å². The molecule has 0 amide bonds. The van der Waals surface area contributed by atoms with Crippen molar-refractivity contribution in [3.8, 4) is 0 Å². The number of hydrogen-bond donors (Lipinski definition) is 1. The summed E-state index contributed by atoms with van der Waals surface area (Å²) in [6.45, 7) is 13.8. The molecule has 1 N–H and O–H groups in total. The molecular weight excluding hydrogens is 356 g/mol. The van der Waals surface area contributed by atoms with Crippen molar-refractivity contribution in [1.82, 2.24) is 4.72 Å². The molecule has 5 heteroatoms. The van der Waals surface area contributed by atoms with Crippen LogP contribution in [-0.4, -0.2) is 19.8 Å². The van der Waals surface area contributed by atoms with Crippen LogP contribution < -0.4 is 4.72 Å². The lowest BCUT2D eigenvalue weighted by atomic mass is 9.87. The molecule has 0 aliphatic heterocycles. The molecule has 0 heterocycles. The van der Waals surface area contributed by atoms with Gasteiger partial charge in [0.25, 0.3) is 10.0 Å². The topological polar surface area (TPSA) is 58.5 Å². The summed E-state index contributed by atoms with van der Waals surface area (Å²) in [7, 11) is -3.77. The Bertz CT molecular complexity index is 933. The standard InChI is InChI=1S/C22H30N2O2S/c1-16-13-14-18(21(2,3)4)15-19(16)27(25,26)24-20(23-22(5,6)7)17-11-9-8-10-12-17/h8-15H,1-7H3,(H,23,24). The minimum Gasteiger partial charge on any atom is -0.263 e. The molecule has 0 aliphatic rings. The Morgan fingerprint density at radius 3 is 2.04 bits per heavy atom. The number of amidine groups is 1. The molecule has 0 atom stereocenters. The van der Waals surface area contributed by atoms with Crippen LogP contribution in [0.5, 0.6) is 0 Å². The van der Waals surface area contributed by atoms with Crippen LogP contribution in [0.3, 0.4) is 0 Å². The van der Waals surface area contributed by atoms with Gasteiger partial charge in [-0.2, -0.15) is 0 Å². The van der Waals surface area contributed by atoms with E-state index in [1.807, 2.05) is 70.2 Å². The van der Waals surface area contributed by atoms with Crippen molar-refractivity contribution in [1.29, 1.82) is 0 Å². The first-order valence-electron chi connectivity index (χ1n) is 9.09. The SMILES string of the molecule is Cc1ccc(C(C)(C)C)cc1S(=O)(=O)NC(=NC(C)(C)C)c1ccccc1. The molecule has 2 rings (SSSR count). The van der Waals surface area contributed by atoms with E-state index in [9.17, 15) is 8.42 Å². The molecule has 2 aromatic carbocycles. The fraction of sp³-hybridized carbons (Fsp3) is 0.409. The van der Waals surface area contributed by atoms with Gasteiger partial charge < -0.3 is 0 Å². The number of sulfonamides is 1. The molecule has 2 aromatic rings. The summed E-state index contributed by atoms with van der Waals surface area (Å²) in [6.07, 6.45) is 0. The van der Waals surface area contributed by atoms with E-state index in [4.69, 9.17) is 0 Å². The van der Waals surface area contributed by atoms with Crippen molar-refractivity contribution in [2.75, 3.05) is 0 Å². The first-order chi connectivity index (χ1) is 12.3. The Hall–Kier alpha value is -2.14. The second kappa shape index (κ2) is 7.47. The average molecular weight is 387 g/mol. The van der Waals surface area contributed by atoms with Gasteiger partial charge in [-0.05, 0) is 50.3 Å². The van der Waals surface area contributed by atoms with E-state index >= 15 is 0 Å². The Kier molecular flexibility index (Phi) is 5.85. The summed E-state index contributed by atoms with van der Waals surface area (Å²) in [5.74, 6) is 0.351. The summed E-state index contributed by atoms with van der Waals surface area (Å²) >= 11 is 0. The van der Waals surface area contributed by atoms with Crippen molar-refractivity contribution in [3.63, 3.8) is 0 Å². The van der Waals surface area contributed by atoms with Gasteiger partial charge in [0.05, 0.1) is 10.4 Å². The van der Waals surface area contributed by atoms with Gasteiger partial charge in [-0.3, -0.25) is 9.71 Å². The third-order valence-corrected chi connectivity index (χ3v) is 5.55. The lowest BCUT2D eigenvalue weighted by molar-refractivity contribution is 0.576. The molecule has 27 heavy (non-hydrogen) atoms. The van der Waals surface area contributed by atoms with Gasteiger partial charge in [0, 0.05) is 5.56 Å². The molecule has 0 aliphatic carbocycles. The Balaban J connectivity index is 2.54. The van der Waals surface area contributed by atoms with E-state index in [2.05, 4.69) is 30.5 Å². The monoisotopic (exact) mass is 386 g/mol. The number of benzene rings is 2. The van der Waals surface area contributed by atoms with Gasteiger partial charge in [0.1, 0.15) is 5.84 Å². The molecule has 4 nitrogen and oxygen atoms in total. The number of nitrogens with zero attached hydrogens (tertiary/aromatic N) is 1. The van der Waals surface area contributed by atoms with Crippen molar-refractivity contribution >= 4 is 15.9 Å². The zero-order chi connectivity index (χ0) is 20.5. The van der Waals surface area contributed by atoms with Crippen LogP contribution in [0.25, 0.3) is 0 Å². The molecular formula is C22H30N2O2S. The van der Waals surface area contributed by atoms with Crippen molar-refractivity contribution < 1.29 is 8.42 Å². The Morgan fingerprint density at radius 1 is 0.926 bits per heavy atom. The van der Waals surface area contributed by atoms with E-state index in [-0.39, 0.29) is 10.3 Å². The van der Waals surface area contributed by atoms with E-state index in [1.54, 1.807) is 6.07 Å². The highest BCUT2D eigenvalue weighted by Crippen LogP contribution is 2.27. The largest absolute Gasteiger partial charge is 0.263 e. The summed E-state index contributed by atoms with van der Waals surface area (Å²) in [4.78, 5) is 4.90. The lowest BCUT2D eigenvalue weighted by Crippen LogP contribution is -2.34. The molecule has 0 bridgehead atoms. The van der Waals surface area contributed by atoms with E-state index in [1.165, 1.54) is 0 Å². The molecule has 146 valence electrons. The zero-order valence-corrected chi connectivity index (χ0v) is 18.1. The van der Waals surface area contributed by atoms with Gasteiger partial charge >= 0.3 is 0 Å². The van der Waals surface area contributed by atoms with Crippen LogP contribution in [0.1, 0.15) is 58.2 Å². The summed E-state index contributed by atoms with van der Waals surface area (Å²) in [5, 5.41) is 0. The van der Waals surface area contributed by atoms with Gasteiger partial charge in [-0.15, -0.1) is 0 Å². The maximum Gasteiger partial charge on any atom is 0.263 e. The van der Waals surface area contributed by atoms with Crippen molar-refractivity contribution in [3.05, 3.63) is 65.2 Å². The van der Waals surface area contributed by atoms with Crippen molar-refractivity contribution in [2.24, 2.45) is 4.99 Å². The van der Waals surface area contributed by atoms with Gasteiger partial charge in [-0.1, -0.05) is 63.2 Å². The number of aliphatic imine (C=N–C) groups is 1. The van der Waals surface area contributed by atoms with Crippen LogP contribution >= 0.6 is 0 Å². The predicted octanol–water partition coefficient (Wildman–Crippen LogP) is 4.82. The fourth-order valence-electron chi connectivity index (χ4n) is 2.62. The lowest BCUT2D eigenvalue weighted by Gasteiger charge is -2.22. The van der Waals surface area contributed by atoms with Gasteiger partial charge in [-0.25, -0.2) is 8.42 Å². The smallest absolute Gasteiger partial charge is 0.263 e. The third kappa shape index (κ3) is 5.67. The second-order valence-corrected chi connectivity index (χ2v) is 10.5. The van der Waals surface area contributed by atoms with E-state index in [0.29, 0.717) is 11.4 Å². The summed E-state index contributed by atoms with van der Waals surface area (Å²) in [6, 6.07) is 14.9. The minimum atomic E-state index is -3.77. The molecule has 0 radical (unpaired) electrons. The molecule has 0 saturated carbocycles. The van der Waals surface area contributed by atoms with Crippen LogP contribution in [0.4, 0.5) is 0 Å². The van der Waals surface area contributed by atoms with Crippen LogP contribution in [-0.2, 0) is 15.4 Å². The molecule has 0 unspecified atom stereocenters. The number of nitrogens with one attached hydrogen (secondary N) is 1. The third-order valence-electron chi connectivity index (χ3n) is 4.07. The Labute approximate surface area is 163 Å². The summed E-state index contributed by atoms with van der Waals surface area (Å²) < 4.78 is 29.1. The second-order valence-electron chi connectivity index (χ2n) is 8.83. The maximum absolute atomic E-state index is 13.2. The van der Waals surface area contributed by atoms with E-state index < -0.39 is 15.6 Å². The Morgan fingerprint density at radius 2 is 1.52 bits per heavy atom. The minimum absolute atomic E-state index is 0.139. The molecule has 0 fully saturated rings. The highest BCUT2D eigenvalue weighted by Gasteiger charge is 2.24. The predicted molar refractivity (Wildman–Crippen MR) is 113 cm³/mol. The quantitative estimate of drug-likeness (QED) is 0.607. The number of rotatable bonds is 3. The van der Waals surface area contributed by atoms with Crippen LogP contribution in [0.2, 0.25) is 0 Å². The number of hydrogen-bond acceptors (Lipinski definition) is 3. The van der Waals surface area contributed by atoms with E-state index in [0.717, 1.165) is 11.1 Å². The molecule has 0 saturated heterocycles. The molecule has 0 spiro atoms. The molecule has 0 aromatic heterocycles. The van der Waals surface area contributed by atoms with Gasteiger partial charge in [0.2, 0.25) is 0 Å². The van der Waals surface area contributed by atoms with Crippen LogP contribution in [0, 0.1) is 6.92 Å². The van der Waals surface area contributed by atoms with Gasteiger partial charge in [0.15, 0.2) is 0 Å². The maximum atomic E-state index is 13.2. The number of aryl methyl sites for hydroxylation is 1. The van der Waals surface area contributed by atoms with Crippen molar-refractivity contribution in [2.45, 2.75) is 64.3 Å². The summed E-state index contributed by atoms with van der Waals surface area (Å²) in [5.41, 5.74) is 1.86. The first kappa shape index (κ1) is 21.2. The fourth-order valence-corrected chi connectivity index (χ4v) is 3.92. The highest BCUT2D eigenvalue weighted by molar-refractivity contribution is 7.90. The highest BCUT2D eigenvalue weighted by atomic mass is 32.2. The first-order valence-corrected chi connectivity index (χ1v) is 10.6. The zero-order valence-electron chi connectivity index (χ0n) is 17.3. The average Bonchev–Trinajstić information content (AvgIpc) is 2.52. The normalized spacial score (nSPS) is 13.5.